The zero-order valence-corrected chi connectivity index (χ0v) is 16.6. The smallest absolute Gasteiger partial charge is 0.330 e. The van der Waals surface area contributed by atoms with Gasteiger partial charge in [-0.05, 0) is 43.5 Å². The Bertz CT molecular complexity index is 830. The summed E-state index contributed by atoms with van der Waals surface area (Å²) in [6, 6.07) is 5.19. The van der Waals surface area contributed by atoms with Gasteiger partial charge >= 0.3 is 5.97 Å². The maximum atomic E-state index is 12.6. The standard InChI is InChI=1S/C19H24ClN3O4/c1-5-13(6-2)23-11(3)9-15(22-23)18(24)21-17(19(25)26)12-7-8-16(27-4)14(20)10-12/h7-10,13,17H,5-6H2,1-4H3,(H,21,24)(H,25,26). The summed E-state index contributed by atoms with van der Waals surface area (Å²) in [6.07, 6.45) is 1.78. The molecular weight excluding hydrogens is 370 g/mol. The van der Waals surface area contributed by atoms with E-state index in [2.05, 4.69) is 24.3 Å². The minimum Gasteiger partial charge on any atom is -0.495 e. The minimum absolute atomic E-state index is 0.185. The van der Waals surface area contributed by atoms with Crippen molar-refractivity contribution in [3.05, 3.63) is 46.2 Å². The summed E-state index contributed by atoms with van der Waals surface area (Å²) in [5.41, 5.74) is 1.39. The number of carboxylic acids is 1. The van der Waals surface area contributed by atoms with Gasteiger partial charge in [-0.15, -0.1) is 0 Å². The van der Waals surface area contributed by atoms with Crippen LogP contribution in [0, 0.1) is 6.92 Å². The number of methoxy groups -OCH3 is 1. The number of aryl methyl sites for hydroxylation is 1. The van der Waals surface area contributed by atoms with Crippen LogP contribution in [0.1, 0.15) is 60.5 Å². The molecule has 1 amide bonds. The lowest BCUT2D eigenvalue weighted by Crippen LogP contribution is -2.34. The summed E-state index contributed by atoms with van der Waals surface area (Å²) >= 11 is 6.08. The third-order valence-corrected chi connectivity index (χ3v) is 4.77. The number of carbonyl (C=O) groups is 2. The van der Waals surface area contributed by atoms with E-state index in [4.69, 9.17) is 16.3 Å². The number of nitrogens with one attached hydrogen (secondary N) is 1. The molecule has 0 aliphatic heterocycles. The van der Waals surface area contributed by atoms with E-state index in [1.165, 1.54) is 13.2 Å². The van der Waals surface area contributed by atoms with E-state index in [1.807, 2.05) is 11.6 Å². The van der Waals surface area contributed by atoms with Crippen LogP contribution < -0.4 is 10.1 Å². The van der Waals surface area contributed by atoms with E-state index in [-0.39, 0.29) is 16.8 Å². The second kappa shape index (κ2) is 8.90. The highest BCUT2D eigenvalue weighted by Crippen LogP contribution is 2.28. The zero-order valence-electron chi connectivity index (χ0n) is 15.8. The number of amides is 1. The average Bonchev–Trinajstić information content (AvgIpc) is 3.02. The van der Waals surface area contributed by atoms with Gasteiger partial charge in [0.2, 0.25) is 0 Å². The Labute approximate surface area is 163 Å². The molecule has 2 aromatic rings. The molecule has 0 saturated carbocycles. The second-order valence-corrected chi connectivity index (χ2v) is 6.63. The Morgan fingerprint density at radius 3 is 2.48 bits per heavy atom. The molecule has 146 valence electrons. The van der Waals surface area contributed by atoms with E-state index in [0.717, 1.165) is 18.5 Å². The molecule has 0 bridgehead atoms. The molecule has 27 heavy (non-hydrogen) atoms. The Morgan fingerprint density at radius 1 is 1.30 bits per heavy atom. The molecule has 2 N–H and O–H groups in total. The molecule has 1 aromatic heterocycles. The number of halogens is 1. The molecule has 0 aliphatic rings. The van der Waals surface area contributed by atoms with Crippen molar-refractivity contribution in [3.8, 4) is 5.75 Å². The monoisotopic (exact) mass is 393 g/mol. The Kier molecular flexibility index (Phi) is 6.85. The van der Waals surface area contributed by atoms with Crippen molar-refractivity contribution in [1.82, 2.24) is 15.1 Å². The fraction of sp³-hybridized carbons (Fsp3) is 0.421. The molecule has 1 unspecified atom stereocenters. The van der Waals surface area contributed by atoms with E-state index in [1.54, 1.807) is 18.2 Å². The van der Waals surface area contributed by atoms with Gasteiger partial charge in [-0.1, -0.05) is 31.5 Å². The van der Waals surface area contributed by atoms with Crippen molar-refractivity contribution in [3.63, 3.8) is 0 Å². The van der Waals surface area contributed by atoms with Gasteiger partial charge in [0.05, 0.1) is 18.2 Å². The van der Waals surface area contributed by atoms with E-state index in [0.29, 0.717) is 11.3 Å². The Hall–Kier alpha value is -2.54. The van der Waals surface area contributed by atoms with Crippen LogP contribution in [0.15, 0.2) is 24.3 Å². The quantitative estimate of drug-likeness (QED) is 0.712. The van der Waals surface area contributed by atoms with Crippen LogP contribution in [0.4, 0.5) is 0 Å². The van der Waals surface area contributed by atoms with Crippen molar-refractivity contribution in [2.75, 3.05) is 7.11 Å². The number of benzene rings is 1. The van der Waals surface area contributed by atoms with Gasteiger partial charge in [-0.3, -0.25) is 9.48 Å². The third kappa shape index (κ3) is 4.60. The molecule has 1 atom stereocenters. The summed E-state index contributed by atoms with van der Waals surface area (Å²) in [4.78, 5) is 24.3. The van der Waals surface area contributed by atoms with Gasteiger partial charge in [0.1, 0.15) is 11.4 Å². The maximum Gasteiger partial charge on any atom is 0.330 e. The molecular formula is C19H24ClN3O4. The van der Waals surface area contributed by atoms with Crippen LogP contribution in [0.2, 0.25) is 5.02 Å². The lowest BCUT2D eigenvalue weighted by Gasteiger charge is -2.16. The maximum absolute atomic E-state index is 12.6. The van der Waals surface area contributed by atoms with E-state index in [9.17, 15) is 14.7 Å². The number of hydrogen-bond acceptors (Lipinski definition) is 4. The molecule has 2 rings (SSSR count). The van der Waals surface area contributed by atoms with Gasteiger partial charge in [-0.25, -0.2) is 4.79 Å². The van der Waals surface area contributed by atoms with Crippen molar-refractivity contribution in [1.29, 1.82) is 0 Å². The number of carbonyl (C=O) groups excluding carboxylic acids is 1. The predicted molar refractivity (Wildman–Crippen MR) is 102 cm³/mol. The van der Waals surface area contributed by atoms with Crippen LogP contribution in [0.3, 0.4) is 0 Å². The summed E-state index contributed by atoms with van der Waals surface area (Å²) in [7, 11) is 1.47. The molecule has 1 heterocycles. The number of hydrogen-bond donors (Lipinski definition) is 2. The number of aromatic nitrogens is 2. The van der Waals surface area contributed by atoms with Crippen molar-refractivity contribution in [2.45, 2.75) is 45.7 Å². The Morgan fingerprint density at radius 2 is 1.96 bits per heavy atom. The molecule has 0 fully saturated rings. The summed E-state index contributed by atoms with van der Waals surface area (Å²) in [5, 5.41) is 16.7. The SMILES string of the molecule is CCC(CC)n1nc(C(=O)NC(C(=O)O)c2ccc(OC)c(Cl)c2)cc1C. The van der Waals surface area contributed by atoms with Crippen LogP contribution in [0.25, 0.3) is 0 Å². The van der Waals surface area contributed by atoms with Crippen LogP contribution >= 0.6 is 11.6 Å². The molecule has 0 aliphatic carbocycles. The average molecular weight is 394 g/mol. The topological polar surface area (TPSA) is 93.5 Å². The highest BCUT2D eigenvalue weighted by molar-refractivity contribution is 6.32. The number of ether oxygens (including phenoxy) is 1. The highest BCUT2D eigenvalue weighted by Gasteiger charge is 2.25. The fourth-order valence-electron chi connectivity index (χ4n) is 2.96. The molecule has 0 spiro atoms. The van der Waals surface area contributed by atoms with E-state index < -0.39 is 17.9 Å². The first-order valence-corrected chi connectivity index (χ1v) is 9.13. The Balaban J connectivity index is 2.27. The molecule has 1 aromatic carbocycles. The van der Waals surface area contributed by atoms with Gasteiger partial charge in [-0.2, -0.15) is 5.10 Å². The number of carboxylic acid groups (broad SMARTS) is 1. The van der Waals surface area contributed by atoms with Crippen LogP contribution in [-0.2, 0) is 4.79 Å². The minimum atomic E-state index is -1.25. The molecule has 8 heteroatoms. The largest absolute Gasteiger partial charge is 0.495 e. The van der Waals surface area contributed by atoms with Gasteiger partial charge in [0.15, 0.2) is 6.04 Å². The third-order valence-electron chi connectivity index (χ3n) is 4.48. The normalized spacial score (nSPS) is 12.1. The lowest BCUT2D eigenvalue weighted by molar-refractivity contribution is -0.139. The first-order chi connectivity index (χ1) is 12.8. The van der Waals surface area contributed by atoms with Gasteiger partial charge in [0, 0.05) is 5.69 Å². The van der Waals surface area contributed by atoms with Crippen LogP contribution in [-0.4, -0.2) is 33.9 Å². The van der Waals surface area contributed by atoms with Crippen molar-refractivity contribution < 1.29 is 19.4 Å². The zero-order chi connectivity index (χ0) is 20.1. The summed E-state index contributed by atoms with van der Waals surface area (Å²) in [5.74, 6) is -1.32. The van der Waals surface area contributed by atoms with Crippen molar-refractivity contribution >= 4 is 23.5 Å². The van der Waals surface area contributed by atoms with Crippen molar-refractivity contribution in [2.24, 2.45) is 0 Å². The lowest BCUT2D eigenvalue weighted by atomic mass is 10.1. The predicted octanol–water partition coefficient (Wildman–Crippen LogP) is 3.77. The van der Waals surface area contributed by atoms with Gasteiger partial charge in [0.25, 0.3) is 5.91 Å². The molecule has 7 nitrogen and oxygen atoms in total. The first kappa shape index (κ1) is 20.8. The summed E-state index contributed by atoms with van der Waals surface area (Å²) < 4.78 is 6.89. The number of aliphatic carboxylic acids is 1. The molecule has 0 radical (unpaired) electrons. The first-order valence-electron chi connectivity index (χ1n) is 8.75. The fourth-order valence-corrected chi connectivity index (χ4v) is 3.22. The number of nitrogens with zero attached hydrogens (tertiary/aromatic N) is 2. The van der Waals surface area contributed by atoms with Gasteiger partial charge < -0.3 is 15.2 Å². The summed E-state index contributed by atoms with van der Waals surface area (Å²) in [6.45, 7) is 5.99. The van der Waals surface area contributed by atoms with Crippen LogP contribution in [0.5, 0.6) is 5.75 Å². The van der Waals surface area contributed by atoms with E-state index >= 15 is 0 Å². The molecule has 0 saturated heterocycles. The number of rotatable bonds is 8. The second-order valence-electron chi connectivity index (χ2n) is 6.22. The highest BCUT2D eigenvalue weighted by atomic mass is 35.5.